The molecule has 0 unspecified atom stereocenters. The zero-order valence-electron chi connectivity index (χ0n) is 11.3. The molecule has 0 aliphatic carbocycles. The molecule has 0 saturated heterocycles. The molecule has 0 spiro atoms. The van der Waals surface area contributed by atoms with Crippen LogP contribution in [0, 0.1) is 13.8 Å². The average Bonchev–Trinajstić information content (AvgIpc) is 2.42. The summed E-state index contributed by atoms with van der Waals surface area (Å²) in [7, 11) is 0. The second-order valence-electron chi connectivity index (χ2n) is 4.74. The molecular weight excluding hydrogens is 238 g/mol. The summed E-state index contributed by atoms with van der Waals surface area (Å²) >= 11 is 0. The molecule has 100 valence electrons. The maximum Gasteiger partial charge on any atom is 0.123 e. The molecule has 0 fully saturated rings. The summed E-state index contributed by atoms with van der Waals surface area (Å²) in [6.07, 6.45) is 0. The van der Waals surface area contributed by atoms with E-state index in [2.05, 4.69) is 0 Å². The van der Waals surface area contributed by atoms with Gasteiger partial charge in [0.15, 0.2) is 0 Å². The lowest BCUT2D eigenvalue weighted by Gasteiger charge is -2.12. The van der Waals surface area contributed by atoms with Gasteiger partial charge in [-0.3, -0.25) is 0 Å². The van der Waals surface area contributed by atoms with E-state index in [1.54, 1.807) is 0 Å². The fourth-order valence-electron chi connectivity index (χ4n) is 1.87. The normalized spacial score (nSPS) is 10.5. The topological polar surface area (TPSA) is 55.5 Å². The Morgan fingerprint density at radius 3 is 2.26 bits per heavy atom. The zero-order valence-corrected chi connectivity index (χ0v) is 11.3. The van der Waals surface area contributed by atoms with Crippen molar-refractivity contribution in [1.29, 1.82) is 0 Å². The Hall–Kier alpha value is -2.00. The van der Waals surface area contributed by atoms with E-state index < -0.39 is 0 Å². The van der Waals surface area contributed by atoms with Crippen LogP contribution >= 0.6 is 0 Å². The van der Waals surface area contributed by atoms with Crippen molar-refractivity contribution < 1.29 is 9.84 Å². The second-order valence-corrected chi connectivity index (χ2v) is 4.74. The highest BCUT2D eigenvalue weighted by molar-refractivity contribution is 5.53. The van der Waals surface area contributed by atoms with Gasteiger partial charge in [-0.15, -0.1) is 0 Å². The Morgan fingerprint density at radius 2 is 1.63 bits per heavy atom. The maximum atomic E-state index is 8.99. The molecule has 0 aliphatic heterocycles. The van der Waals surface area contributed by atoms with Crippen molar-refractivity contribution in [2.75, 3.05) is 5.73 Å². The highest BCUT2D eigenvalue weighted by Crippen LogP contribution is 2.25. The molecule has 0 heterocycles. The molecule has 0 bridgehead atoms. The molecule has 0 radical (unpaired) electrons. The molecule has 0 saturated carbocycles. The third-order valence-electron chi connectivity index (χ3n) is 3.16. The second kappa shape index (κ2) is 5.76. The summed E-state index contributed by atoms with van der Waals surface area (Å²) < 4.78 is 5.81. The lowest BCUT2D eigenvalue weighted by Crippen LogP contribution is -1.99. The highest BCUT2D eigenvalue weighted by Gasteiger charge is 2.04. The standard InChI is InChI=1S/C16H19NO2/c1-11-8-16(12(2)7-15(11)17)19-10-14-5-3-13(9-18)4-6-14/h3-8,18H,9-10,17H2,1-2H3. The first-order valence-corrected chi connectivity index (χ1v) is 6.28. The number of aliphatic hydroxyl groups excluding tert-OH is 1. The SMILES string of the molecule is Cc1cc(OCc2ccc(CO)cc2)c(C)cc1N. The minimum Gasteiger partial charge on any atom is -0.489 e. The number of nitrogen functional groups attached to an aromatic ring is 1. The van der Waals surface area contributed by atoms with Crippen molar-refractivity contribution in [3.63, 3.8) is 0 Å². The number of aliphatic hydroxyl groups is 1. The van der Waals surface area contributed by atoms with Gasteiger partial charge in [0.2, 0.25) is 0 Å². The van der Waals surface area contributed by atoms with Crippen LogP contribution in [0.1, 0.15) is 22.3 Å². The van der Waals surface area contributed by atoms with Crippen molar-refractivity contribution >= 4 is 5.69 Å². The van der Waals surface area contributed by atoms with Crippen LogP contribution in [-0.2, 0) is 13.2 Å². The summed E-state index contributed by atoms with van der Waals surface area (Å²) in [4.78, 5) is 0. The van der Waals surface area contributed by atoms with E-state index in [-0.39, 0.29) is 6.61 Å². The van der Waals surface area contributed by atoms with E-state index in [0.717, 1.165) is 33.7 Å². The van der Waals surface area contributed by atoms with Gasteiger partial charge >= 0.3 is 0 Å². The molecule has 2 aromatic carbocycles. The van der Waals surface area contributed by atoms with E-state index in [1.807, 2.05) is 50.2 Å². The molecule has 2 aromatic rings. The number of benzene rings is 2. The average molecular weight is 257 g/mol. The van der Waals surface area contributed by atoms with Crippen LogP contribution in [0.2, 0.25) is 0 Å². The van der Waals surface area contributed by atoms with Crippen LogP contribution in [0.25, 0.3) is 0 Å². The van der Waals surface area contributed by atoms with Gasteiger partial charge in [-0.2, -0.15) is 0 Å². The minimum absolute atomic E-state index is 0.0669. The number of hydrogen-bond acceptors (Lipinski definition) is 3. The number of rotatable bonds is 4. The summed E-state index contributed by atoms with van der Waals surface area (Å²) in [5.41, 5.74) is 10.7. The third-order valence-corrected chi connectivity index (χ3v) is 3.16. The number of aryl methyl sites for hydroxylation is 2. The van der Waals surface area contributed by atoms with Crippen LogP contribution in [-0.4, -0.2) is 5.11 Å². The number of ether oxygens (including phenoxy) is 1. The van der Waals surface area contributed by atoms with Gasteiger partial charge in [0.1, 0.15) is 12.4 Å². The molecule has 19 heavy (non-hydrogen) atoms. The van der Waals surface area contributed by atoms with E-state index >= 15 is 0 Å². The Morgan fingerprint density at radius 1 is 1.00 bits per heavy atom. The number of anilines is 1. The smallest absolute Gasteiger partial charge is 0.123 e. The molecule has 0 atom stereocenters. The van der Waals surface area contributed by atoms with Gasteiger partial charge in [-0.25, -0.2) is 0 Å². The van der Waals surface area contributed by atoms with Crippen molar-refractivity contribution in [3.05, 3.63) is 58.7 Å². The fraction of sp³-hybridized carbons (Fsp3) is 0.250. The molecule has 3 N–H and O–H groups in total. The van der Waals surface area contributed by atoms with E-state index in [0.29, 0.717) is 6.61 Å². The first-order valence-electron chi connectivity index (χ1n) is 6.28. The van der Waals surface area contributed by atoms with Crippen LogP contribution in [0.4, 0.5) is 5.69 Å². The summed E-state index contributed by atoms with van der Waals surface area (Å²) in [5, 5.41) is 8.99. The molecule has 0 aromatic heterocycles. The summed E-state index contributed by atoms with van der Waals surface area (Å²) in [6.45, 7) is 4.53. The van der Waals surface area contributed by atoms with Gasteiger partial charge in [0.05, 0.1) is 6.61 Å². The van der Waals surface area contributed by atoms with Gasteiger partial charge < -0.3 is 15.6 Å². The van der Waals surface area contributed by atoms with Crippen LogP contribution in [0.15, 0.2) is 36.4 Å². The van der Waals surface area contributed by atoms with Gasteiger partial charge in [-0.05, 0) is 48.2 Å². The van der Waals surface area contributed by atoms with Gasteiger partial charge in [-0.1, -0.05) is 24.3 Å². The van der Waals surface area contributed by atoms with Crippen LogP contribution < -0.4 is 10.5 Å². The van der Waals surface area contributed by atoms with E-state index in [9.17, 15) is 0 Å². The molecular formula is C16H19NO2. The van der Waals surface area contributed by atoms with Crippen LogP contribution in [0.5, 0.6) is 5.75 Å². The van der Waals surface area contributed by atoms with E-state index in [1.165, 1.54) is 0 Å². The van der Waals surface area contributed by atoms with Crippen LogP contribution in [0.3, 0.4) is 0 Å². The lowest BCUT2D eigenvalue weighted by atomic mass is 10.1. The quantitative estimate of drug-likeness (QED) is 0.828. The predicted octanol–water partition coefficient (Wildman–Crippen LogP) is 2.96. The molecule has 3 nitrogen and oxygen atoms in total. The third kappa shape index (κ3) is 3.26. The first-order chi connectivity index (χ1) is 9.10. The largest absolute Gasteiger partial charge is 0.489 e. The zero-order chi connectivity index (χ0) is 13.8. The van der Waals surface area contributed by atoms with Crippen molar-refractivity contribution in [2.45, 2.75) is 27.1 Å². The fourth-order valence-corrected chi connectivity index (χ4v) is 1.87. The number of hydrogen-bond donors (Lipinski definition) is 2. The molecule has 0 amide bonds. The Kier molecular flexibility index (Phi) is 4.07. The van der Waals surface area contributed by atoms with Crippen molar-refractivity contribution in [3.8, 4) is 5.75 Å². The van der Waals surface area contributed by atoms with E-state index in [4.69, 9.17) is 15.6 Å². The first kappa shape index (κ1) is 13.4. The summed E-state index contributed by atoms with van der Waals surface area (Å²) in [6, 6.07) is 11.6. The Labute approximate surface area is 113 Å². The summed E-state index contributed by atoms with van der Waals surface area (Å²) in [5.74, 6) is 0.859. The molecule has 3 heteroatoms. The predicted molar refractivity (Wildman–Crippen MR) is 77.0 cm³/mol. The van der Waals surface area contributed by atoms with Crippen molar-refractivity contribution in [1.82, 2.24) is 0 Å². The van der Waals surface area contributed by atoms with Gasteiger partial charge in [0.25, 0.3) is 0 Å². The monoisotopic (exact) mass is 257 g/mol. The Balaban J connectivity index is 2.07. The minimum atomic E-state index is 0.0669. The molecule has 0 aliphatic rings. The Bertz CT molecular complexity index is 562. The molecule has 2 rings (SSSR count). The highest BCUT2D eigenvalue weighted by atomic mass is 16.5. The van der Waals surface area contributed by atoms with Crippen molar-refractivity contribution in [2.24, 2.45) is 0 Å². The van der Waals surface area contributed by atoms with Gasteiger partial charge in [0, 0.05) is 5.69 Å². The number of nitrogens with two attached hydrogens (primary N) is 1. The lowest BCUT2D eigenvalue weighted by molar-refractivity contribution is 0.281. The maximum absolute atomic E-state index is 8.99.